The predicted octanol–water partition coefficient (Wildman–Crippen LogP) is 13.7. The van der Waals surface area contributed by atoms with Crippen molar-refractivity contribution in [1.82, 2.24) is 9.80 Å². The zero-order valence-corrected chi connectivity index (χ0v) is 34.6. The number of ether oxygens (including phenoxy) is 3. The van der Waals surface area contributed by atoms with E-state index in [2.05, 4.69) is 61.8 Å². The molecule has 2 atom stereocenters. The van der Waals surface area contributed by atoms with E-state index in [1.807, 2.05) is 0 Å². The number of hydrogen-bond donors (Lipinski definition) is 0. The van der Waals surface area contributed by atoms with E-state index in [1.54, 1.807) is 0 Å². The summed E-state index contributed by atoms with van der Waals surface area (Å²) >= 11 is 0. The fraction of sp³-hybridized carbons (Fsp3) is 0.870. The van der Waals surface area contributed by atoms with E-state index in [1.165, 1.54) is 154 Å². The van der Waals surface area contributed by atoms with Crippen LogP contribution in [0.25, 0.3) is 0 Å². The van der Waals surface area contributed by atoms with Crippen LogP contribution < -0.4 is 9.47 Å². The van der Waals surface area contributed by atoms with Crippen molar-refractivity contribution in [3.63, 3.8) is 0 Å². The van der Waals surface area contributed by atoms with Gasteiger partial charge in [0.05, 0.1) is 0 Å². The van der Waals surface area contributed by atoms with Crippen molar-refractivity contribution >= 4 is 0 Å². The molecule has 1 aliphatic heterocycles. The lowest BCUT2D eigenvalue weighted by molar-refractivity contribution is 0.00123. The molecule has 0 amide bonds. The second-order valence-corrected chi connectivity index (χ2v) is 15.5. The van der Waals surface area contributed by atoms with Crippen LogP contribution in [0.1, 0.15) is 207 Å². The lowest BCUT2D eigenvalue weighted by Crippen LogP contribution is -2.41. The number of benzene rings is 1. The fourth-order valence-corrected chi connectivity index (χ4v) is 7.72. The Labute approximate surface area is 318 Å². The maximum Gasteiger partial charge on any atom is 0.163 e. The first-order valence-corrected chi connectivity index (χ1v) is 22.7. The number of nitrogens with zero attached hydrogens (tertiary/aromatic N) is 2. The quantitative estimate of drug-likeness (QED) is 0.0741. The molecule has 51 heavy (non-hydrogen) atoms. The molecule has 0 aromatic heterocycles. The second-order valence-electron chi connectivity index (χ2n) is 15.5. The van der Waals surface area contributed by atoms with Crippen LogP contribution in [0.4, 0.5) is 0 Å². The molecular formula is C46H86N2O3. The minimum Gasteiger partial charge on any atom is -0.471 e. The Kier molecular flexibility index (Phi) is 29.9. The van der Waals surface area contributed by atoms with Crippen molar-refractivity contribution in [3.05, 3.63) is 24.3 Å². The summed E-state index contributed by atoms with van der Waals surface area (Å²) in [6.07, 6.45) is 37.3. The molecule has 0 spiro atoms. The molecule has 298 valence electrons. The van der Waals surface area contributed by atoms with E-state index < -0.39 is 0 Å². The lowest BCUT2D eigenvalue weighted by atomic mass is 10.1. The average molecular weight is 715 g/mol. The van der Waals surface area contributed by atoms with E-state index in [0.717, 1.165) is 76.6 Å². The van der Waals surface area contributed by atoms with Crippen molar-refractivity contribution in [2.75, 3.05) is 39.4 Å². The van der Waals surface area contributed by atoms with Gasteiger partial charge in [0.2, 0.25) is 0 Å². The Bertz CT molecular complexity index is 813. The maximum atomic E-state index is 6.89. The van der Waals surface area contributed by atoms with Gasteiger partial charge in [-0.25, -0.2) is 0 Å². The van der Waals surface area contributed by atoms with Gasteiger partial charge in [0, 0.05) is 39.1 Å². The van der Waals surface area contributed by atoms with Gasteiger partial charge in [-0.3, -0.25) is 9.80 Å². The van der Waals surface area contributed by atoms with Gasteiger partial charge in [0.25, 0.3) is 0 Å². The highest BCUT2D eigenvalue weighted by atomic mass is 16.5. The third-order valence-electron chi connectivity index (χ3n) is 11.1. The highest BCUT2D eigenvalue weighted by Gasteiger charge is 2.24. The molecule has 0 saturated carbocycles. The maximum absolute atomic E-state index is 6.89. The lowest BCUT2D eigenvalue weighted by Gasteiger charge is -2.33. The zero-order valence-electron chi connectivity index (χ0n) is 34.6. The van der Waals surface area contributed by atoms with Crippen LogP contribution in [0, 0.1) is 0 Å². The summed E-state index contributed by atoms with van der Waals surface area (Å²) in [7, 11) is 0. The molecule has 2 rings (SSSR count). The second kappa shape index (κ2) is 33.3. The van der Waals surface area contributed by atoms with Crippen LogP contribution in [0.2, 0.25) is 0 Å². The SMILES string of the molecule is CCCCCCCCCCCCCCN(CC)C1CCCOCCCC(N(CC)CCCCCCCCCCCCCC)Oc2ccccc2O1. The molecule has 2 unspecified atom stereocenters. The summed E-state index contributed by atoms with van der Waals surface area (Å²) in [6, 6.07) is 8.44. The number of rotatable bonds is 30. The number of hydrogen-bond acceptors (Lipinski definition) is 5. The van der Waals surface area contributed by atoms with Crippen molar-refractivity contribution in [2.45, 2.75) is 220 Å². The van der Waals surface area contributed by atoms with Gasteiger partial charge in [-0.05, 0) is 50.9 Å². The first kappa shape index (κ1) is 45.9. The molecular weight excluding hydrogens is 629 g/mol. The molecule has 0 fully saturated rings. The summed E-state index contributed by atoms with van der Waals surface area (Å²) in [6.45, 7) is 15.0. The monoisotopic (exact) mass is 715 g/mol. The molecule has 5 nitrogen and oxygen atoms in total. The smallest absolute Gasteiger partial charge is 0.163 e. The molecule has 0 saturated heterocycles. The highest BCUT2D eigenvalue weighted by molar-refractivity contribution is 5.39. The Hall–Kier alpha value is -1.30. The zero-order chi connectivity index (χ0) is 36.5. The van der Waals surface area contributed by atoms with Crippen LogP contribution in [-0.4, -0.2) is 61.6 Å². The highest BCUT2D eigenvalue weighted by Crippen LogP contribution is 2.32. The van der Waals surface area contributed by atoms with Gasteiger partial charge in [-0.2, -0.15) is 0 Å². The van der Waals surface area contributed by atoms with Crippen LogP contribution in [0.5, 0.6) is 11.5 Å². The largest absolute Gasteiger partial charge is 0.471 e. The van der Waals surface area contributed by atoms with E-state index in [-0.39, 0.29) is 12.5 Å². The van der Waals surface area contributed by atoms with E-state index in [4.69, 9.17) is 14.2 Å². The number of fused-ring (bicyclic) bond motifs is 1. The average Bonchev–Trinajstić information content (AvgIpc) is 3.16. The minimum absolute atomic E-state index is 0.0404. The van der Waals surface area contributed by atoms with Gasteiger partial charge in [-0.1, -0.05) is 181 Å². The van der Waals surface area contributed by atoms with E-state index in [9.17, 15) is 0 Å². The summed E-state index contributed by atoms with van der Waals surface area (Å²) < 4.78 is 19.9. The number of unbranched alkanes of at least 4 members (excludes halogenated alkanes) is 22. The van der Waals surface area contributed by atoms with E-state index >= 15 is 0 Å². The predicted molar refractivity (Wildman–Crippen MR) is 221 cm³/mol. The third-order valence-corrected chi connectivity index (χ3v) is 11.1. The molecule has 1 aromatic rings. The van der Waals surface area contributed by atoms with E-state index in [0.29, 0.717) is 0 Å². The van der Waals surface area contributed by atoms with Gasteiger partial charge >= 0.3 is 0 Å². The molecule has 1 aromatic carbocycles. The fourth-order valence-electron chi connectivity index (χ4n) is 7.72. The van der Waals surface area contributed by atoms with Crippen LogP contribution in [0.3, 0.4) is 0 Å². The summed E-state index contributed by atoms with van der Waals surface area (Å²) in [5.41, 5.74) is 0. The van der Waals surface area contributed by atoms with Crippen LogP contribution in [0.15, 0.2) is 24.3 Å². The minimum atomic E-state index is 0.0404. The first-order chi connectivity index (χ1) is 25.2. The van der Waals surface area contributed by atoms with Gasteiger partial charge in [0.1, 0.15) is 0 Å². The molecule has 0 aliphatic carbocycles. The summed E-state index contributed by atoms with van der Waals surface area (Å²) in [4.78, 5) is 5.10. The Morgan fingerprint density at radius 3 is 1.08 bits per heavy atom. The topological polar surface area (TPSA) is 34.2 Å². The molecule has 0 bridgehead atoms. The first-order valence-electron chi connectivity index (χ1n) is 22.7. The van der Waals surface area contributed by atoms with Crippen molar-refractivity contribution in [1.29, 1.82) is 0 Å². The molecule has 5 heteroatoms. The van der Waals surface area contributed by atoms with Gasteiger partial charge < -0.3 is 14.2 Å². The summed E-state index contributed by atoms with van der Waals surface area (Å²) in [5.74, 6) is 1.78. The third kappa shape index (κ3) is 23.2. The summed E-state index contributed by atoms with van der Waals surface area (Å²) in [5, 5.41) is 0. The Morgan fingerprint density at radius 1 is 0.451 bits per heavy atom. The Morgan fingerprint density at radius 2 is 0.765 bits per heavy atom. The van der Waals surface area contributed by atoms with Gasteiger partial charge in [0.15, 0.2) is 24.0 Å². The van der Waals surface area contributed by atoms with Crippen molar-refractivity contribution in [2.24, 2.45) is 0 Å². The standard InChI is InChI=1S/C46H86N2O3/c1-5-9-11-13-15-17-19-21-23-25-27-31-39-47(7-3)45-37-33-41-49-42-34-38-46(51-44-36-30-29-35-43(44)50-45)48(8-4)40-32-28-26-24-22-20-18-16-14-12-10-6-2/h29-30,35-36,45-46H,5-28,31-34,37-42H2,1-4H3. The molecule has 1 heterocycles. The molecule has 1 aliphatic rings. The van der Waals surface area contributed by atoms with Crippen LogP contribution >= 0.6 is 0 Å². The molecule has 0 radical (unpaired) electrons. The normalized spacial score (nSPS) is 17.4. The van der Waals surface area contributed by atoms with Gasteiger partial charge in [-0.15, -0.1) is 0 Å². The number of para-hydroxylation sites is 2. The van der Waals surface area contributed by atoms with Crippen molar-refractivity contribution < 1.29 is 14.2 Å². The van der Waals surface area contributed by atoms with Crippen LogP contribution in [-0.2, 0) is 4.74 Å². The van der Waals surface area contributed by atoms with Crippen molar-refractivity contribution in [3.8, 4) is 11.5 Å². The molecule has 0 N–H and O–H groups in total. The Balaban J connectivity index is 1.83.